The number of nitrogens with zero attached hydrogens (tertiary/aromatic N) is 4. The molecule has 56 heavy (non-hydrogen) atoms. The van der Waals surface area contributed by atoms with Crippen LogP contribution in [0.2, 0.25) is 0 Å². The maximum absolute atomic E-state index is 16.6. The Labute approximate surface area is 316 Å². The van der Waals surface area contributed by atoms with Gasteiger partial charge in [0.25, 0.3) is 0 Å². The van der Waals surface area contributed by atoms with Crippen molar-refractivity contribution >= 4 is 0 Å². The van der Waals surface area contributed by atoms with Gasteiger partial charge in [0.15, 0.2) is 0 Å². The maximum atomic E-state index is 16.6. The van der Waals surface area contributed by atoms with Gasteiger partial charge in [-0.1, -0.05) is 60.7 Å². The molecule has 0 aromatic heterocycles. The van der Waals surface area contributed by atoms with E-state index >= 15 is 17.6 Å². The Morgan fingerprint density at radius 1 is 0.321 bits per heavy atom. The highest BCUT2D eigenvalue weighted by Crippen LogP contribution is 2.58. The first kappa shape index (κ1) is 36.4. The topological polar surface area (TPSA) is 95.2 Å². The predicted molar refractivity (Wildman–Crippen MR) is 198 cm³/mol. The van der Waals surface area contributed by atoms with Crippen LogP contribution in [-0.4, -0.2) is 0 Å². The molecule has 0 aliphatic carbocycles. The molecule has 0 heterocycles. The molecule has 0 saturated heterocycles. The molecule has 0 atom stereocenters. The van der Waals surface area contributed by atoms with Crippen LogP contribution in [0.5, 0.6) is 0 Å². The van der Waals surface area contributed by atoms with E-state index < -0.39 is 46.0 Å². The van der Waals surface area contributed by atoms with Crippen molar-refractivity contribution in [1.29, 1.82) is 21.0 Å². The van der Waals surface area contributed by atoms with Crippen molar-refractivity contribution in [2.24, 2.45) is 0 Å². The molecule has 7 aromatic carbocycles. The van der Waals surface area contributed by atoms with Gasteiger partial charge in [-0.15, -0.1) is 0 Å². The van der Waals surface area contributed by atoms with E-state index in [4.69, 9.17) is 0 Å². The molecule has 7 rings (SSSR count). The summed E-state index contributed by atoms with van der Waals surface area (Å²) in [6, 6.07) is 33.1. The molecule has 4 nitrogen and oxygen atoms in total. The average molecular weight is 743 g/mol. The first-order valence-corrected chi connectivity index (χ1v) is 16.6. The first-order chi connectivity index (χ1) is 27.1. The minimum absolute atomic E-state index is 0.00122. The number of nitriles is 4. The highest BCUT2D eigenvalue weighted by molar-refractivity contribution is 6.16. The zero-order valence-corrected chi connectivity index (χ0v) is 28.6. The van der Waals surface area contributed by atoms with Crippen molar-refractivity contribution in [1.82, 2.24) is 0 Å². The van der Waals surface area contributed by atoms with Crippen LogP contribution in [-0.2, 0) is 0 Å². The van der Waals surface area contributed by atoms with Crippen LogP contribution in [0.4, 0.5) is 26.3 Å². The highest BCUT2D eigenvalue weighted by Gasteiger charge is 2.35. The Hall–Kier alpha value is -7.92. The molecule has 0 unspecified atom stereocenters. The summed E-state index contributed by atoms with van der Waals surface area (Å²) in [5.41, 5.74) is -2.31. The zero-order valence-electron chi connectivity index (χ0n) is 28.6. The summed E-state index contributed by atoms with van der Waals surface area (Å²) in [5.74, 6) is -8.04. The number of halogens is 6. The molecule has 266 valence electrons. The molecule has 0 saturated carbocycles. The van der Waals surface area contributed by atoms with Crippen molar-refractivity contribution in [3.8, 4) is 91.0 Å². The summed E-state index contributed by atoms with van der Waals surface area (Å²) in [4.78, 5) is 0. The summed E-state index contributed by atoms with van der Waals surface area (Å²) < 4.78 is 95.7. The lowest BCUT2D eigenvalue weighted by Gasteiger charge is -2.29. The normalized spacial score (nSPS) is 10.6. The van der Waals surface area contributed by atoms with E-state index in [0.29, 0.717) is 24.3 Å². The Balaban J connectivity index is 1.95. The van der Waals surface area contributed by atoms with Gasteiger partial charge in [0, 0.05) is 57.6 Å². The molecule has 7 aromatic rings. The lowest BCUT2D eigenvalue weighted by Crippen LogP contribution is -2.07. The van der Waals surface area contributed by atoms with Gasteiger partial charge in [0.05, 0.1) is 57.7 Å². The molecule has 0 aliphatic rings. The van der Waals surface area contributed by atoms with Crippen molar-refractivity contribution in [3.63, 3.8) is 0 Å². The van der Waals surface area contributed by atoms with Crippen molar-refractivity contribution in [2.75, 3.05) is 0 Å². The Kier molecular flexibility index (Phi) is 9.66. The molecular weight excluding hydrogens is 723 g/mol. The van der Waals surface area contributed by atoms with E-state index in [1.54, 1.807) is 0 Å². The Bertz CT molecular complexity index is 2660. The van der Waals surface area contributed by atoms with Gasteiger partial charge in [-0.05, 0) is 58.7 Å². The summed E-state index contributed by atoms with van der Waals surface area (Å²) in [5, 5.41) is 40.3. The van der Waals surface area contributed by atoms with E-state index in [0.717, 1.165) is 0 Å². The lowest BCUT2D eigenvalue weighted by molar-refractivity contribution is 0.546. The van der Waals surface area contributed by atoms with Crippen LogP contribution < -0.4 is 0 Å². The van der Waals surface area contributed by atoms with E-state index in [2.05, 4.69) is 12.1 Å². The first-order valence-electron chi connectivity index (χ1n) is 16.6. The van der Waals surface area contributed by atoms with Crippen LogP contribution in [0.25, 0.3) is 66.8 Å². The maximum Gasteiger partial charge on any atom is 0.136 e. The fourth-order valence-electron chi connectivity index (χ4n) is 6.95. The van der Waals surface area contributed by atoms with E-state index in [1.807, 2.05) is 12.1 Å². The molecule has 0 spiro atoms. The summed E-state index contributed by atoms with van der Waals surface area (Å²) in [6.45, 7) is 0. The monoisotopic (exact) mass is 742 g/mol. The smallest absolute Gasteiger partial charge is 0.136 e. The van der Waals surface area contributed by atoms with Gasteiger partial charge >= 0.3 is 0 Å². The fraction of sp³-hybridized carbons (Fsp3) is 0. The zero-order chi connectivity index (χ0) is 39.7. The second kappa shape index (κ2) is 14.8. The van der Waals surface area contributed by atoms with E-state index in [9.17, 15) is 29.8 Å². The van der Waals surface area contributed by atoms with Gasteiger partial charge in [0.2, 0.25) is 0 Å². The van der Waals surface area contributed by atoms with Gasteiger partial charge < -0.3 is 0 Å². The predicted octanol–water partition coefficient (Wildman–Crippen LogP) is 12.0. The third-order valence-corrected chi connectivity index (χ3v) is 9.25. The van der Waals surface area contributed by atoms with Crippen LogP contribution in [0, 0.1) is 80.2 Å². The molecule has 0 aliphatic heterocycles. The molecule has 0 N–H and O–H groups in total. The number of hydrogen-bond acceptors (Lipinski definition) is 4. The molecule has 10 heteroatoms. The van der Waals surface area contributed by atoms with E-state index in [-0.39, 0.29) is 77.9 Å². The Morgan fingerprint density at radius 2 is 0.643 bits per heavy atom. The highest BCUT2D eigenvalue weighted by atomic mass is 19.2. The second-order valence-corrected chi connectivity index (χ2v) is 12.4. The number of benzene rings is 7. The third kappa shape index (κ3) is 6.28. The van der Waals surface area contributed by atoms with Crippen LogP contribution in [0.15, 0.2) is 121 Å². The SMILES string of the molecule is N#Cc1ccc(-c2c(-c3ccc(C#N)cc3)c(-c3c(F)cc(F)cc3F)c(-c3ccccc3C#N)c(-c3ccccc3C#N)c2-c2c(F)cc(F)cc2F)cc1. The summed E-state index contributed by atoms with van der Waals surface area (Å²) >= 11 is 0. The standard InChI is InChI=1S/C46H20F6N4/c47-31-17-35(49)43(36(50)18-31)45-39(27-13-9-25(21-53)10-14-27)40(28-15-11-26(22-54)12-16-28)46(44-37(51)19-32(48)20-38(44)52)42(34-8-4-2-6-30(34)24-56)41(45)33-7-3-1-5-29(33)23-55/h1-20H. The molecular formula is C46H20F6N4. The van der Waals surface area contributed by atoms with Gasteiger partial charge in [0.1, 0.15) is 34.9 Å². The molecule has 0 bridgehead atoms. The van der Waals surface area contributed by atoms with Gasteiger partial charge in [-0.2, -0.15) is 21.0 Å². The van der Waals surface area contributed by atoms with Crippen molar-refractivity contribution in [3.05, 3.63) is 178 Å². The van der Waals surface area contributed by atoms with Crippen molar-refractivity contribution in [2.45, 2.75) is 0 Å². The third-order valence-electron chi connectivity index (χ3n) is 9.25. The van der Waals surface area contributed by atoms with Crippen LogP contribution in [0.1, 0.15) is 22.3 Å². The Morgan fingerprint density at radius 3 is 0.946 bits per heavy atom. The summed E-state index contributed by atoms with van der Waals surface area (Å²) in [6.07, 6.45) is 0. The second-order valence-electron chi connectivity index (χ2n) is 12.4. The number of hydrogen-bond donors (Lipinski definition) is 0. The average Bonchev–Trinajstić information content (AvgIpc) is 3.20. The number of rotatable bonds is 6. The largest absolute Gasteiger partial charge is 0.207 e. The molecule has 0 radical (unpaired) electrons. The summed E-state index contributed by atoms with van der Waals surface area (Å²) in [7, 11) is 0. The minimum Gasteiger partial charge on any atom is -0.207 e. The van der Waals surface area contributed by atoms with Crippen LogP contribution in [0.3, 0.4) is 0 Å². The fourth-order valence-corrected chi connectivity index (χ4v) is 6.95. The quantitative estimate of drug-likeness (QED) is 0.159. The van der Waals surface area contributed by atoms with E-state index in [1.165, 1.54) is 97.1 Å². The van der Waals surface area contributed by atoms with Gasteiger partial charge in [-0.25, -0.2) is 26.3 Å². The minimum atomic E-state index is -1.38. The molecule has 0 fully saturated rings. The molecule has 0 amide bonds. The van der Waals surface area contributed by atoms with Gasteiger partial charge in [-0.3, -0.25) is 0 Å². The van der Waals surface area contributed by atoms with Crippen LogP contribution >= 0.6 is 0 Å². The lowest BCUT2D eigenvalue weighted by atomic mass is 9.72. The van der Waals surface area contributed by atoms with Crippen molar-refractivity contribution < 1.29 is 26.3 Å².